The van der Waals surface area contributed by atoms with E-state index in [0.29, 0.717) is 55.9 Å². The van der Waals surface area contributed by atoms with Crippen LogP contribution in [-0.2, 0) is 14.3 Å². The Morgan fingerprint density at radius 3 is 2.47 bits per heavy atom. The minimum atomic E-state index is -2.02. The van der Waals surface area contributed by atoms with E-state index in [9.17, 15) is 35.7 Å². The molecule has 4 spiro atoms. The van der Waals surface area contributed by atoms with Crippen molar-refractivity contribution in [2.75, 3.05) is 13.2 Å². The molecule has 15 aliphatic carbocycles. The Balaban J connectivity index is 0.975. The molecule has 15 heteroatoms. The maximum Gasteiger partial charge on any atom is 0.189 e. The smallest absolute Gasteiger partial charge is 0.189 e. The van der Waals surface area contributed by atoms with Crippen LogP contribution in [0.2, 0.25) is 0 Å². The molecule has 7 saturated carbocycles. The molecule has 9 bridgehead atoms. The van der Waals surface area contributed by atoms with Gasteiger partial charge in [-0.25, -0.2) is 0 Å². The summed E-state index contributed by atoms with van der Waals surface area (Å²) in [5.74, 6) is -1.25. The first-order valence-corrected chi connectivity index (χ1v) is 35.7. The number of allylic oxidation sites excluding steroid dienone is 10. The van der Waals surface area contributed by atoms with Crippen molar-refractivity contribution in [3.8, 4) is 0 Å². The molecule has 0 aromatic heterocycles. The SMILES string of the molecule is CCC[C@H]1CC[C@H]2[C@H]3[C@@H](O[C@@H]2CC1)[C@@](O)([C@](C)(O)[C@H]1CC[C@@]2(O)C4=C(NC[C@H](C)O)C(=O)[C@@]56/C=C/[C@H]7C8=C9C(=CC8)[C@H]8CCC[C@H]8O[C@H]9C[C@@H]8CC[C@H](C[C@H]87)[C@@]12C[C@]1(O)C=C[C@@]2(C7=C(CCCO)NC(N)C=C7)C=C[C@@]41[C@]5(C[C@H](O)[C@H](O)C6)C2)CCC[C@@H]3O. The third kappa shape index (κ3) is 7.85. The van der Waals surface area contributed by atoms with Gasteiger partial charge in [-0.1, -0.05) is 86.8 Å². The van der Waals surface area contributed by atoms with E-state index in [1.54, 1.807) is 13.8 Å². The molecular weight excluding hydrogens is 1120 g/mol. The highest BCUT2D eigenvalue weighted by Crippen LogP contribution is 2.85. The number of nitrogens with one attached hydrogen (secondary N) is 2. The second kappa shape index (κ2) is 20.9. The zero-order valence-corrected chi connectivity index (χ0v) is 53.0. The van der Waals surface area contributed by atoms with Gasteiger partial charge in [0.15, 0.2) is 5.78 Å². The van der Waals surface area contributed by atoms with Crippen molar-refractivity contribution in [1.29, 1.82) is 0 Å². The van der Waals surface area contributed by atoms with Crippen molar-refractivity contribution in [3.05, 3.63) is 93.9 Å². The number of Topliss-reactive ketones (excluding diaryl/α,β-unsaturated/α-hetero) is 1. The Labute approximate surface area is 526 Å². The summed E-state index contributed by atoms with van der Waals surface area (Å²) >= 11 is 0. The Morgan fingerprint density at radius 1 is 0.854 bits per heavy atom. The summed E-state index contributed by atoms with van der Waals surface area (Å²) in [4.78, 5) is 17.7. The molecule has 0 radical (unpaired) electrons. The summed E-state index contributed by atoms with van der Waals surface area (Å²) in [5.41, 5.74) is -2.41. The highest BCUT2D eigenvalue weighted by atomic mass is 16.5. The van der Waals surface area contributed by atoms with Gasteiger partial charge >= 0.3 is 0 Å². The highest BCUT2D eigenvalue weighted by molar-refractivity contribution is 6.05. The fraction of sp³-hybridized carbons (Fsp3) is 0.770. The number of carbonyl (C=O) groups is 1. The van der Waals surface area contributed by atoms with Crippen molar-refractivity contribution in [3.63, 3.8) is 0 Å². The van der Waals surface area contributed by atoms with E-state index in [2.05, 4.69) is 54.0 Å². The van der Waals surface area contributed by atoms with Crippen LogP contribution in [-0.4, -0.2) is 142 Å². The monoisotopic (exact) mass is 1230 g/mol. The lowest BCUT2D eigenvalue weighted by molar-refractivity contribution is -0.290. The van der Waals surface area contributed by atoms with E-state index in [-0.39, 0.29) is 117 Å². The highest BCUT2D eigenvalue weighted by Gasteiger charge is 2.88. The number of aliphatic hydroxyl groups is 9. The van der Waals surface area contributed by atoms with E-state index in [4.69, 9.17) is 15.2 Å². The number of hydrogen-bond acceptors (Lipinski definition) is 15. The molecule has 9 fully saturated rings. The molecule has 13 N–H and O–H groups in total. The molecular formula is C74H103N3O12. The first-order valence-electron chi connectivity index (χ1n) is 35.7. The second-order valence-corrected chi connectivity index (χ2v) is 32.7. The minimum absolute atomic E-state index is 0.00667. The number of aliphatic hydroxyl groups excluding tert-OH is 5. The van der Waals surface area contributed by atoms with E-state index >= 15 is 15.0 Å². The number of ether oxygens (including phenoxy) is 2. The zero-order chi connectivity index (χ0) is 61.8. The lowest BCUT2D eigenvalue weighted by Crippen LogP contribution is -2.80. The predicted octanol–water partition coefficient (Wildman–Crippen LogP) is 7.35. The zero-order valence-electron chi connectivity index (χ0n) is 53.0. The van der Waals surface area contributed by atoms with Crippen molar-refractivity contribution < 1.29 is 60.2 Å². The fourth-order valence-electron chi connectivity index (χ4n) is 25.7. The van der Waals surface area contributed by atoms with Crippen LogP contribution in [0.3, 0.4) is 0 Å². The normalized spacial score (nSPS) is 52.5. The third-order valence-corrected chi connectivity index (χ3v) is 29.0. The molecule has 18 aliphatic rings. The number of carbonyl (C=O) groups excluding carboxylic acids is 1. The maximum atomic E-state index is 17.7. The van der Waals surface area contributed by atoms with Crippen LogP contribution >= 0.6 is 0 Å². The van der Waals surface area contributed by atoms with E-state index in [1.807, 2.05) is 18.2 Å². The molecule has 89 heavy (non-hydrogen) atoms. The number of nitrogens with two attached hydrogens (primary N) is 1. The third-order valence-electron chi connectivity index (χ3n) is 29.0. The van der Waals surface area contributed by atoms with Gasteiger partial charge in [0, 0.05) is 58.4 Å². The van der Waals surface area contributed by atoms with Crippen molar-refractivity contribution in [2.45, 2.75) is 259 Å². The Kier molecular flexibility index (Phi) is 14.2. The van der Waals surface area contributed by atoms with Gasteiger partial charge in [-0.3, -0.25) is 4.79 Å². The van der Waals surface area contributed by atoms with E-state index < -0.39 is 98.0 Å². The molecule has 486 valence electrons. The summed E-state index contributed by atoms with van der Waals surface area (Å²) in [5, 5.41) is 128. The van der Waals surface area contributed by atoms with Gasteiger partial charge in [0.1, 0.15) is 5.60 Å². The Hall–Kier alpha value is -3.29. The van der Waals surface area contributed by atoms with Crippen molar-refractivity contribution in [2.24, 2.45) is 86.1 Å². The molecule has 18 rings (SSSR count). The summed E-state index contributed by atoms with van der Waals surface area (Å²) in [6.45, 7) is 5.56. The summed E-state index contributed by atoms with van der Waals surface area (Å²) in [6, 6.07) is 0. The number of rotatable bonds is 11. The van der Waals surface area contributed by atoms with Crippen LogP contribution in [0.1, 0.15) is 181 Å². The van der Waals surface area contributed by atoms with Crippen molar-refractivity contribution >= 4 is 5.78 Å². The molecule has 15 nitrogen and oxygen atoms in total. The molecule has 0 aromatic rings. The lowest BCUT2D eigenvalue weighted by atomic mass is 9.27. The number of hydrogen-bond donors (Lipinski definition) is 12. The Morgan fingerprint density at radius 2 is 1.66 bits per heavy atom. The summed E-state index contributed by atoms with van der Waals surface area (Å²) < 4.78 is 14.7. The number of fused-ring (bicyclic) bond motifs is 6. The second-order valence-electron chi connectivity index (χ2n) is 32.7. The van der Waals surface area contributed by atoms with Gasteiger partial charge < -0.3 is 71.8 Å². The summed E-state index contributed by atoms with van der Waals surface area (Å²) in [6.07, 6.45) is 28.2. The predicted molar refractivity (Wildman–Crippen MR) is 334 cm³/mol. The van der Waals surface area contributed by atoms with Crippen LogP contribution in [0.25, 0.3) is 0 Å². The number of ketones is 1. The van der Waals surface area contributed by atoms with Gasteiger partial charge in [0.05, 0.1) is 88.3 Å². The van der Waals surface area contributed by atoms with E-state index in [0.717, 1.165) is 88.3 Å². The maximum absolute atomic E-state index is 17.7. The average molecular weight is 1230 g/mol. The minimum Gasteiger partial charge on any atom is -0.396 e. The standard InChI is InChI=1S/C74H103N3O12/c1-4-8-41-13-17-48-56(21-14-41)89-65-61(48)52(80)11-6-25-74(65,87)66(3,84)58-24-27-73(86)63-62(76-37-40(2)79)64(83)68-26-23-44-46-18-19-47-45-9-5-12-55(45)88-57(60(46)47)33-42-15-16-43(34-49(42)44)71(58,73)39-70(85)30-28-67(50-20-22-59(75)77-51(50)10-7-32-78)29-31-72(63,70)69(68,38-67)36-54(82)53(81)35-68/h19-20,22-23,26,28-31,40-45,48-49,52-59,61,65,76-82,84-87H,4-18,21,24-25,27,32-39,75H2,1-3H3/b26-23+/t40-,41-,42-,43+,44-,45+,48+,49+,52-,53+,54-,55+,56+,57-,58+,59?,61+,65+,66+,67+,68-,69+,70+,71-,72-,73+,74+/m0/s1. The molecule has 3 aliphatic heterocycles. The van der Waals surface area contributed by atoms with Gasteiger partial charge in [-0.2, -0.15) is 0 Å². The fourth-order valence-corrected chi connectivity index (χ4v) is 25.7. The average Bonchev–Trinajstić information content (AvgIpc) is 1.62. The van der Waals surface area contributed by atoms with Crippen LogP contribution in [0.4, 0.5) is 0 Å². The quantitative estimate of drug-likeness (QED) is 0.0902. The van der Waals surface area contributed by atoms with Crippen LogP contribution in [0.5, 0.6) is 0 Å². The Bertz CT molecular complexity index is 3180. The molecule has 0 aromatic carbocycles. The lowest BCUT2D eigenvalue weighted by Gasteiger charge is -2.76. The molecule has 1 unspecified atom stereocenters. The molecule has 2 saturated heterocycles. The van der Waals surface area contributed by atoms with Gasteiger partial charge in [-0.15, -0.1) is 0 Å². The van der Waals surface area contributed by atoms with Crippen LogP contribution in [0.15, 0.2) is 93.9 Å². The van der Waals surface area contributed by atoms with E-state index in [1.165, 1.54) is 16.7 Å². The first-order chi connectivity index (χ1) is 42.6. The van der Waals surface area contributed by atoms with Gasteiger partial charge in [-0.05, 0) is 207 Å². The number of dihydropyridines is 1. The van der Waals surface area contributed by atoms with Crippen molar-refractivity contribution in [1.82, 2.24) is 10.6 Å². The van der Waals surface area contributed by atoms with Gasteiger partial charge in [0.2, 0.25) is 0 Å². The molecule has 27 atom stereocenters. The van der Waals surface area contributed by atoms with Gasteiger partial charge in [0.25, 0.3) is 0 Å². The first kappa shape index (κ1) is 60.6. The van der Waals surface area contributed by atoms with Crippen LogP contribution in [0, 0.1) is 80.3 Å². The molecule has 3 heterocycles. The topological polar surface area (TPSA) is 268 Å². The largest absolute Gasteiger partial charge is 0.396 e. The molecule has 0 amide bonds. The summed E-state index contributed by atoms with van der Waals surface area (Å²) in [7, 11) is 0. The van der Waals surface area contributed by atoms with Crippen LogP contribution < -0.4 is 16.4 Å².